The molecule has 5 heteroatoms. The first-order valence-corrected chi connectivity index (χ1v) is 7.31. The van der Waals surface area contributed by atoms with Crippen molar-refractivity contribution in [3.63, 3.8) is 0 Å². The number of nitrogens with zero attached hydrogens (tertiary/aromatic N) is 3. The van der Waals surface area contributed by atoms with E-state index >= 15 is 0 Å². The molecule has 1 fully saturated rings. The standard InChI is InChI=1S/C16H19FN4/c17-14-6-2-1-5-13(14)15-7-8-19-16(20-15)21-9-3-4-12(10-18)11-21/h1-2,5-8,12H,3-4,9-11,18H2. The molecule has 2 N–H and O–H groups in total. The maximum Gasteiger partial charge on any atom is 0.225 e. The molecule has 1 aromatic heterocycles. The molecule has 0 amide bonds. The van der Waals surface area contributed by atoms with Crippen LogP contribution in [-0.2, 0) is 0 Å². The molecule has 0 radical (unpaired) electrons. The molecule has 1 aromatic carbocycles. The predicted molar refractivity (Wildman–Crippen MR) is 81.4 cm³/mol. The van der Waals surface area contributed by atoms with Gasteiger partial charge < -0.3 is 10.6 Å². The molecule has 110 valence electrons. The minimum absolute atomic E-state index is 0.263. The molecule has 3 rings (SSSR count). The average Bonchev–Trinajstić information content (AvgIpc) is 2.55. The van der Waals surface area contributed by atoms with Crippen LogP contribution in [0.25, 0.3) is 11.3 Å². The summed E-state index contributed by atoms with van der Waals surface area (Å²) in [5, 5.41) is 0. The summed E-state index contributed by atoms with van der Waals surface area (Å²) in [4.78, 5) is 11.0. The van der Waals surface area contributed by atoms with Gasteiger partial charge in [0.2, 0.25) is 5.95 Å². The largest absolute Gasteiger partial charge is 0.340 e. The van der Waals surface area contributed by atoms with Crippen LogP contribution in [0.1, 0.15) is 12.8 Å². The number of nitrogens with two attached hydrogens (primary N) is 1. The fourth-order valence-corrected chi connectivity index (χ4v) is 2.76. The second-order valence-electron chi connectivity index (χ2n) is 5.41. The van der Waals surface area contributed by atoms with Crippen LogP contribution in [0.5, 0.6) is 0 Å². The Hall–Kier alpha value is -2.01. The molecule has 2 heterocycles. The third-order valence-corrected chi connectivity index (χ3v) is 3.93. The Morgan fingerprint density at radius 1 is 1.29 bits per heavy atom. The summed E-state index contributed by atoms with van der Waals surface area (Å²) < 4.78 is 13.9. The number of anilines is 1. The van der Waals surface area contributed by atoms with Crippen LogP contribution in [-0.4, -0.2) is 29.6 Å². The SMILES string of the molecule is NCC1CCCN(c2nccc(-c3ccccc3F)n2)C1. The van der Waals surface area contributed by atoms with Gasteiger partial charge in [0.1, 0.15) is 5.82 Å². The van der Waals surface area contributed by atoms with Crippen molar-refractivity contribution in [3.8, 4) is 11.3 Å². The summed E-state index contributed by atoms with van der Waals surface area (Å²) in [7, 11) is 0. The van der Waals surface area contributed by atoms with E-state index in [4.69, 9.17) is 5.73 Å². The van der Waals surface area contributed by atoms with E-state index in [1.54, 1.807) is 24.4 Å². The first kappa shape index (κ1) is 13.9. The van der Waals surface area contributed by atoms with E-state index in [0.29, 0.717) is 29.7 Å². The topological polar surface area (TPSA) is 55.0 Å². The van der Waals surface area contributed by atoms with Crippen LogP contribution in [0, 0.1) is 11.7 Å². The lowest BCUT2D eigenvalue weighted by molar-refractivity contribution is 0.419. The minimum Gasteiger partial charge on any atom is -0.340 e. The Labute approximate surface area is 123 Å². The van der Waals surface area contributed by atoms with E-state index in [-0.39, 0.29) is 5.82 Å². The molecule has 4 nitrogen and oxygen atoms in total. The maximum absolute atomic E-state index is 13.9. The fraction of sp³-hybridized carbons (Fsp3) is 0.375. The summed E-state index contributed by atoms with van der Waals surface area (Å²) in [6, 6.07) is 8.41. The van der Waals surface area contributed by atoms with Gasteiger partial charge in [0.15, 0.2) is 0 Å². The van der Waals surface area contributed by atoms with Crippen LogP contribution in [0.15, 0.2) is 36.5 Å². The van der Waals surface area contributed by atoms with Crippen molar-refractivity contribution >= 4 is 5.95 Å². The van der Waals surface area contributed by atoms with Gasteiger partial charge in [-0.2, -0.15) is 0 Å². The van der Waals surface area contributed by atoms with E-state index in [1.165, 1.54) is 6.07 Å². The Balaban J connectivity index is 1.88. The number of benzene rings is 1. The molecule has 1 aliphatic heterocycles. The molecule has 0 bridgehead atoms. The fourth-order valence-electron chi connectivity index (χ4n) is 2.76. The van der Waals surface area contributed by atoms with E-state index < -0.39 is 0 Å². The quantitative estimate of drug-likeness (QED) is 0.941. The van der Waals surface area contributed by atoms with Gasteiger partial charge >= 0.3 is 0 Å². The molecule has 2 aromatic rings. The number of piperidine rings is 1. The molecule has 1 atom stereocenters. The summed E-state index contributed by atoms with van der Waals surface area (Å²) in [6.07, 6.45) is 3.94. The molecule has 0 saturated carbocycles. The first-order chi connectivity index (χ1) is 10.3. The highest BCUT2D eigenvalue weighted by Gasteiger charge is 2.21. The van der Waals surface area contributed by atoms with Gasteiger partial charge in [-0.1, -0.05) is 12.1 Å². The van der Waals surface area contributed by atoms with Gasteiger partial charge in [0, 0.05) is 24.8 Å². The van der Waals surface area contributed by atoms with Crippen LogP contribution >= 0.6 is 0 Å². The molecular weight excluding hydrogens is 267 g/mol. The van der Waals surface area contributed by atoms with Gasteiger partial charge in [-0.3, -0.25) is 0 Å². The van der Waals surface area contributed by atoms with Gasteiger partial charge in [-0.25, -0.2) is 14.4 Å². The molecule has 0 aliphatic carbocycles. The Bertz CT molecular complexity index is 617. The number of aromatic nitrogens is 2. The van der Waals surface area contributed by atoms with Crippen LogP contribution in [0.2, 0.25) is 0 Å². The van der Waals surface area contributed by atoms with Crippen molar-refractivity contribution in [1.29, 1.82) is 0 Å². The average molecular weight is 286 g/mol. The monoisotopic (exact) mass is 286 g/mol. The molecule has 1 unspecified atom stereocenters. The highest BCUT2D eigenvalue weighted by molar-refractivity contribution is 5.60. The third kappa shape index (κ3) is 3.03. The van der Waals surface area contributed by atoms with Crippen molar-refractivity contribution in [3.05, 3.63) is 42.3 Å². The van der Waals surface area contributed by atoms with Crippen LogP contribution in [0.3, 0.4) is 0 Å². The Kier molecular flexibility index (Phi) is 4.10. The lowest BCUT2D eigenvalue weighted by Crippen LogP contribution is -2.39. The van der Waals surface area contributed by atoms with Gasteiger partial charge in [0.25, 0.3) is 0 Å². The van der Waals surface area contributed by atoms with Crippen molar-refractivity contribution in [2.45, 2.75) is 12.8 Å². The first-order valence-electron chi connectivity index (χ1n) is 7.31. The van der Waals surface area contributed by atoms with E-state index in [2.05, 4.69) is 14.9 Å². The zero-order valence-corrected chi connectivity index (χ0v) is 11.9. The molecule has 1 saturated heterocycles. The lowest BCUT2D eigenvalue weighted by atomic mass is 9.99. The number of rotatable bonds is 3. The second-order valence-corrected chi connectivity index (χ2v) is 5.41. The van der Waals surface area contributed by atoms with Crippen molar-refractivity contribution in [1.82, 2.24) is 9.97 Å². The molecule has 21 heavy (non-hydrogen) atoms. The number of hydrogen-bond acceptors (Lipinski definition) is 4. The van der Waals surface area contributed by atoms with Gasteiger partial charge in [0.05, 0.1) is 5.69 Å². The van der Waals surface area contributed by atoms with E-state index in [9.17, 15) is 4.39 Å². The number of hydrogen-bond donors (Lipinski definition) is 1. The van der Waals surface area contributed by atoms with Crippen molar-refractivity contribution in [2.75, 3.05) is 24.5 Å². The lowest BCUT2D eigenvalue weighted by Gasteiger charge is -2.32. The molecule has 0 spiro atoms. The van der Waals surface area contributed by atoms with Gasteiger partial charge in [-0.15, -0.1) is 0 Å². The normalized spacial score (nSPS) is 18.8. The minimum atomic E-state index is -0.263. The highest BCUT2D eigenvalue weighted by atomic mass is 19.1. The molecule has 1 aliphatic rings. The zero-order chi connectivity index (χ0) is 14.7. The smallest absolute Gasteiger partial charge is 0.225 e. The summed E-state index contributed by atoms with van der Waals surface area (Å²) >= 11 is 0. The third-order valence-electron chi connectivity index (χ3n) is 3.93. The Morgan fingerprint density at radius 2 is 2.14 bits per heavy atom. The summed E-state index contributed by atoms with van der Waals surface area (Å²) in [5.74, 6) is 0.883. The summed E-state index contributed by atoms with van der Waals surface area (Å²) in [6.45, 7) is 2.48. The van der Waals surface area contributed by atoms with Crippen LogP contribution < -0.4 is 10.6 Å². The number of halogens is 1. The zero-order valence-electron chi connectivity index (χ0n) is 11.9. The predicted octanol–water partition coefficient (Wildman–Crippen LogP) is 2.46. The summed E-state index contributed by atoms with van der Waals surface area (Å²) in [5.41, 5.74) is 6.89. The van der Waals surface area contributed by atoms with E-state index in [1.807, 2.05) is 6.07 Å². The second kappa shape index (κ2) is 6.18. The van der Waals surface area contributed by atoms with Crippen molar-refractivity contribution in [2.24, 2.45) is 11.7 Å². The maximum atomic E-state index is 13.9. The van der Waals surface area contributed by atoms with E-state index in [0.717, 1.165) is 25.9 Å². The van der Waals surface area contributed by atoms with Crippen molar-refractivity contribution < 1.29 is 4.39 Å². The Morgan fingerprint density at radius 3 is 2.95 bits per heavy atom. The highest BCUT2D eigenvalue weighted by Crippen LogP contribution is 2.24. The van der Waals surface area contributed by atoms with Gasteiger partial charge in [-0.05, 0) is 43.5 Å². The molecular formula is C16H19FN4. The van der Waals surface area contributed by atoms with Crippen LogP contribution in [0.4, 0.5) is 10.3 Å².